The molecule has 5 rings (SSSR count). The van der Waals surface area contributed by atoms with E-state index in [1.54, 1.807) is 11.3 Å². The van der Waals surface area contributed by atoms with Gasteiger partial charge >= 0.3 is 5.97 Å². The zero-order valence-corrected chi connectivity index (χ0v) is 23.1. The molecule has 0 N–H and O–H groups in total. The van der Waals surface area contributed by atoms with Crippen LogP contribution in [0.25, 0.3) is 0 Å². The number of carbonyl (C=O) groups excluding carboxylic acids is 2. The number of amides is 1. The summed E-state index contributed by atoms with van der Waals surface area (Å²) in [4.78, 5) is 37.8. The number of rotatable bonds is 6. The molecule has 3 aromatic rings. The molecule has 3 heterocycles. The summed E-state index contributed by atoms with van der Waals surface area (Å²) in [5.41, 5.74) is 6.82. The first-order valence-electron chi connectivity index (χ1n) is 13.1. The molecule has 1 amide bonds. The van der Waals surface area contributed by atoms with E-state index >= 15 is 0 Å². The molecule has 1 aromatic heterocycles. The molecule has 0 saturated carbocycles. The van der Waals surface area contributed by atoms with Crippen molar-refractivity contribution in [3.63, 3.8) is 0 Å². The Balaban J connectivity index is 1.22. The molecule has 2 aromatic carbocycles. The van der Waals surface area contributed by atoms with Gasteiger partial charge in [0.2, 0.25) is 6.10 Å². The van der Waals surface area contributed by atoms with Crippen molar-refractivity contribution in [3.05, 3.63) is 86.4 Å². The first-order chi connectivity index (χ1) is 18.3. The average Bonchev–Trinajstić information content (AvgIpc) is 3.59. The predicted octanol–water partition coefficient (Wildman–Crippen LogP) is 5.94. The van der Waals surface area contributed by atoms with Crippen LogP contribution in [0.5, 0.6) is 0 Å². The summed E-state index contributed by atoms with van der Waals surface area (Å²) >= 11 is 1.65. The van der Waals surface area contributed by atoms with E-state index in [9.17, 15) is 9.59 Å². The predicted molar refractivity (Wildman–Crippen MR) is 147 cm³/mol. The monoisotopic (exact) mass is 531 g/mol. The Labute approximate surface area is 227 Å². The Morgan fingerprint density at radius 3 is 2.58 bits per heavy atom. The fraction of sp³-hybridized carbons (Fsp3) is 0.400. The summed E-state index contributed by atoms with van der Waals surface area (Å²) in [5, 5.41) is 7.48. The highest BCUT2D eigenvalue weighted by Gasteiger charge is 2.34. The number of esters is 1. The van der Waals surface area contributed by atoms with Gasteiger partial charge in [0, 0.05) is 43.3 Å². The molecule has 2 aliphatic heterocycles. The van der Waals surface area contributed by atoms with E-state index in [1.807, 2.05) is 49.1 Å². The fourth-order valence-corrected chi connectivity index (χ4v) is 6.22. The van der Waals surface area contributed by atoms with Crippen molar-refractivity contribution in [2.24, 2.45) is 5.16 Å². The zero-order valence-electron chi connectivity index (χ0n) is 22.3. The number of likely N-dealkylation sites (tertiary alicyclic amines) is 1. The van der Waals surface area contributed by atoms with Crippen LogP contribution in [0, 0.1) is 20.8 Å². The van der Waals surface area contributed by atoms with Crippen molar-refractivity contribution >= 4 is 28.9 Å². The van der Waals surface area contributed by atoms with E-state index in [-0.39, 0.29) is 17.9 Å². The number of oxime groups is 1. The highest BCUT2D eigenvalue weighted by atomic mass is 32.1. The highest BCUT2D eigenvalue weighted by molar-refractivity contribution is 7.10. The lowest BCUT2D eigenvalue weighted by molar-refractivity contribution is -0.159. The standard InChI is InChI=1S/C30H33N3O4S/c1-18-9-10-20(3)24(15-18)28(36-21(4)34)30(35)33-13-11-22(12-14-33)29-31-26(17-38-29)25-16-27(37-32-25)23-8-6-5-7-19(23)2/h5-10,15,17,22,27-28H,11-14,16H2,1-4H3. The van der Waals surface area contributed by atoms with Gasteiger partial charge in [0.25, 0.3) is 5.91 Å². The first kappa shape index (κ1) is 26.1. The molecule has 0 aliphatic carbocycles. The van der Waals surface area contributed by atoms with E-state index < -0.39 is 12.1 Å². The number of benzene rings is 2. The SMILES string of the molecule is CC(=O)OC(C(=O)N1CCC(c2nc(C3=NOC(c4ccccc4C)C3)cs2)CC1)c1cc(C)ccc1C. The molecule has 198 valence electrons. The van der Waals surface area contributed by atoms with Crippen molar-refractivity contribution < 1.29 is 19.2 Å². The van der Waals surface area contributed by atoms with Crippen LogP contribution in [0.2, 0.25) is 0 Å². The summed E-state index contributed by atoms with van der Waals surface area (Å²) in [6, 6.07) is 14.1. The lowest BCUT2D eigenvalue weighted by atomic mass is 9.95. The van der Waals surface area contributed by atoms with Crippen molar-refractivity contribution in [1.29, 1.82) is 0 Å². The molecule has 7 nitrogen and oxygen atoms in total. The Kier molecular flexibility index (Phi) is 7.61. The Bertz CT molecular complexity index is 1370. The van der Waals surface area contributed by atoms with Gasteiger partial charge in [0.15, 0.2) is 6.10 Å². The Hall–Kier alpha value is -3.52. The fourth-order valence-electron chi connectivity index (χ4n) is 5.22. The minimum Gasteiger partial charge on any atom is -0.447 e. The molecule has 0 spiro atoms. The van der Waals surface area contributed by atoms with Crippen molar-refractivity contribution in [2.45, 2.75) is 65.1 Å². The second-order valence-corrected chi connectivity index (χ2v) is 11.1. The van der Waals surface area contributed by atoms with Gasteiger partial charge in [-0.25, -0.2) is 4.98 Å². The van der Waals surface area contributed by atoms with E-state index in [4.69, 9.17) is 14.6 Å². The van der Waals surface area contributed by atoms with Crippen LogP contribution < -0.4 is 0 Å². The van der Waals surface area contributed by atoms with Crippen LogP contribution in [-0.2, 0) is 19.2 Å². The summed E-state index contributed by atoms with van der Waals surface area (Å²) in [5.74, 6) is -0.342. The summed E-state index contributed by atoms with van der Waals surface area (Å²) in [6.07, 6.45) is 1.33. The van der Waals surface area contributed by atoms with Gasteiger partial charge in [0.05, 0.1) is 10.7 Å². The van der Waals surface area contributed by atoms with Crippen LogP contribution in [0.4, 0.5) is 0 Å². The third-order valence-electron chi connectivity index (χ3n) is 7.40. The zero-order chi connectivity index (χ0) is 26.8. The van der Waals surface area contributed by atoms with Crippen molar-refractivity contribution in [1.82, 2.24) is 9.88 Å². The largest absolute Gasteiger partial charge is 0.447 e. The second kappa shape index (κ2) is 11.1. The average molecular weight is 532 g/mol. The number of carbonyl (C=O) groups is 2. The molecule has 1 saturated heterocycles. The van der Waals surface area contributed by atoms with Gasteiger partial charge in [-0.05, 0) is 50.3 Å². The molecule has 38 heavy (non-hydrogen) atoms. The molecule has 8 heteroatoms. The molecule has 0 bridgehead atoms. The van der Waals surface area contributed by atoms with Crippen molar-refractivity contribution in [3.8, 4) is 0 Å². The quantitative estimate of drug-likeness (QED) is 0.368. The number of piperidine rings is 1. The molecule has 1 fully saturated rings. The number of aromatic nitrogens is 1. The number of hydrogen-bond donors (Lipinski definition) is 0. The van der Waals surface area contributed by atoms with Gasteiger partial charge in [0.1, 0.15) is 5.71 Å². The maximum Gasteiger partial charge on any atom is 0.303 e. The topological polar surface area (TPSA) is 81.1 Å². The summed E-state index contributed by atoms with van der Waals surface area (Å²) in [7, 11) is 0. The van der Waals surface area contributed by atoms with Gasteiger partial charge in [-0.3, -0.25) is 9.59 Å². The first-order valence-corrected chi connectivity index (χ1v) is 13.9. The highest BCUT2D eigenvalue weighted by Crippen LogP contribution is 2.35. The Morgan fingerprint density at radius 2 is 1.84 bits per heavy atom. The van der Waals surface area contributed by atoms with Crippen molar-refractivity contribution in [2.75, 3.05) is 13.1 Å². The smallest absolute Gasteiger partial charge is 0.303 e. The maximum atomic E-state index is 13.5. The van der Waals surface area contributed by atoms with Gasteiger partial charge in [-0.15, -0.1) is 11.3 Å². The van der Waals surface area contributed by atoms with Crippen LogP contribution in [0.1, 0.15) is 82.8 Å². The molecule has 2 aliphatic rings. The van der Waals surface area contributed by atoms with Crippen LogP contribution >= 0.6 is 11.3 Å². The van der Waals surface area contributed by atoms with E-state index in [1.165, 1.54) is 12.5 Å². The molecular weight excluding hydrogens is 498 g/mol. The molecular formula is C30H33N3O4S. The molecule has 2 unspecified atom stereocenters. The lowest BCUT2D eigenvalue weighted by Crippen LogP contribution is -2.41. The van der Waals surface area contributed by atoms with E-state index in [2.05, 4.69) is 29.6 Å². The van der Waals surface area contributed by atoms with Crippen LogP contribution in [0.15, 0.2) is 53.0 Å². The van der Waals surface area contributed by atoms with Gasteiger partial charge in [-0.1, -0.05) is 53.2 Å². The number of nitrogens with zero attached hydrogens (tertiary/aromatic N) is 3. The lowest BCUT2D eigenvalue weighted by Gasteiger charge is -2.33. The number of hydrogen-bond acceptors (Lipinski definition) is 7. The summed E-state index contributed by atoms with van der Waals surface area (Å²) in [6.45, 7) is 8.54. The minimum atomic E-state index is -0.919. The Morgan fingerprint density at radius 1 is 1.08 bits per heavy atom. The maximum absolute atomic E-state index is 13.5. The number of thiazole rings is 1. The number of ether oxygens (including phenoxy) is 1. The normalized spacial score (nSPS) is 18.6. The molecule has 2 atom stereocenters. The van der Waals surface area contributed by atoms with E-state index in [0.29, 0.717) is 19.5 Å². The summed E-state index contributed by atoms with van der Waals surface area (Å²) < 4.78 is 5.54. The van der Waals surface area contributed by atoms with Crippen LogP contribution in [0.3, 0.4) is 0 Å². The molecule has 0 radical (unpaired) electrons. The van der Waals surface area contributed by atoms with Gasteiger partial charge in [-0.2, -0.15) is 0 Å². The van der Waals surface area contributed by atoms with E-state index in [0.717, 1.165) is 51.5 Å². The minimum absolute atomic E-state index is 0.0761. The van der Waals surface area contributed by atoms with Gasteiger partial charge < -0.3 is 14.5 Å². The third kappa shape index (κ3) is 5.50. The van der Waals surface area contributed by atoms with Crippen LogP contribution in [-0.4, -0.2) is 40.6 Å². The second-order valence-electron chi connectivity index (χ2n) is 10.2. The number of aryl methyl sites for hydroxylation is 3. The third-order valence-corrected chi connectivity index (χ3v) is 8.41.